The van der Waals surface area contributed by atoms with E-state index in [9.17, 15) is 13.2 Å². The standard InChI is InChI=1S/C18H23F3N4OS.HI/c1-4-14-9-23-16(27-14)10-25-17(22-3)24-8-13-6-5-12(2)7-15(13)26-11-18(19,20)21;/h5-7,9H,4,8,10-11H2,1-3H3,(H2,22,24,25);1H. The molecule has 0 radical (unpaired) electrons. The second-order valence-corrected chi connectivity index (χ2v) is 7.07. The number of aryl methyl sites for hydroxylation is 2. The average Bonchev–Trinajstić information content (AvgIpc) is 3.08. The topological polar surface area (TPSA) is 58.5 Å². The van der Waals surface area contributed by atoms with Gasteiger partial charge in [0, 0.05) is 30.2 Å². The summed E-state index contributed by atoms with van der Waals surface area (Å²) in [5.41, 5.74) is 1.45. The van der Waals surface area contributed by atoms with Crippen molar-refractivity contribution in [2.75, 3.05) is 13.7 Å². The van der Waals surface area contributed by atoms with Gasteiger partial charge in [0.05, 0.1) is 6.54 Å². The number of ether oxygens (including phenoxy) is 1. The minimum atomic E-state index is -4.38. The van der Waals surface area contributed by atoms with Crippen LogP contribution in [0.25, 0.3) is 0 Å². The first-order valence-corrected chi connectivity index (χ1v) is 9.29. The van der Waals surface area contributed by atoms with E-state index in [1.165, 1.54) is 4.88 Å². The van der Waals surface area contributed by atoms with E-state index in [0.29, 0.717) is 18.1 Å². The van der Waals surface area contributed by atoms with Crippen molar-refractivity contribution in [3.05, 3.63) is 45.4 Å². The van der Waals surface area contributed by atoms with Gasteiger partial charge in [-0.05, 0) is 25.0 Å². The summed E-state index contributed by atoms with van der Waals surface area (Å²) in [5, 5.41) is 7.18. The molecule has 1 aromatic carbocycles. The fourth-order valence-electron chi connectivity index (χ4n) is 2.25. The Morgan fingerprint density at radius 3 is 2.57 bits per heavy atom. The molecule has 0 bridgehead atoms. The third-order valence-corrected chi connectivity index (χ3v) is 4.78. The number of benzene rings is 1. The number of nitrogens with one attached hydrogen (secondary N) is 2. The monoisotopic (exact) mass is 528 g/mol. The summed E-state index contributed by atoms with van der Waals surface area (Å²) in [5.74, 6) is 0.744. The number of hydrogen-bond donors (Lipinski definition) is 2. The lowest BCUT2D eigenvalue weighted by Gasteiger charge is -2.16. The van der Waals surface area contributed by atoms with Gasteiger partial charge in [-0.1, -0.05) is 19.1 Å². The Kier molecular flexibility index (Phi) is 10.0. The molecule has 2 rings (SSSR count). The molecule has 0 spiro atoms. The molecular formula is C18H24F3IN4OS. The van der Waals surface area contributed by atoms with Crippen molar-refractivity contribution in [2.24, 2.45) is 4.99 Å². The molecule has 0 amide bonds. The Morgan fingerprint density at radius 2 is 1.96 bits per heavy atom. The molecule has 28 heavy (non-hydrogen) atoms. The summed E-state index contributed by atoms with van der Waals surface area (Å²) in [4.78, 5) is 9.67. The van der Waals surface area contributed by atoms with Crippen molar-refractivity contribution >= 4 is 41.3 Å². The number of guanidine groups is 1. The van der Waals surface area contributed by atoms with Gasteiger partial charge in [-0.2, -0.15) is 13.2 Å². The molecule has 0 aliphatic heterocycles. The van der Waals surface area contributed by atoms with Gasteiger partial charge >= 0.3 is 6.18 Å². The number of halogens is 4. The molecular weight excluding hydrogens is 504 g/mol. The smallest absolute Gasteiger partial charge is 0.422 e. The molecule has 0 saturated heterocycles. The molecule has 0 aliphatic rings. The molecule has 0 fully saturated rings. The second kappa shape index (κ2) is 11.4. The Hall–Kier alpha value is -1.56. The number of hydrogen-bond acceptors (Lipinski definition) is 4. The maximum Gasteiger partial charge on any atom is 0.422 e. The first-order chi connectivity index (χ1) is 12.8. The minimum absolute atomic E-state index is 0. The van der Waals surface area contributed by atoms with Gasteiger partial charge in [0.15, 0.2) is 12.6 Å². The Bertz CT molecular complexity index is 780. The van der Waals surface area contributed by atoms with E-state index < -0.39 is 12.8 Å². The van der Waals surface area contributed by atoms with E-state index in [-0.39, 0.29) is 36.3 Å². The number of aromatic nitrogens is 1. The van der Waals surface area contributed by atoms with Gasteiger partial charge < -0.3 is 15.4 Å². The van der Waals surface area contributed by atoms with Crippen LogP contribution in [-0.4, -0.2) is 30.8 Å². The summed E-state index contributed by atoms with van der Waals surface area (Å²) >= 11 is 1.63. The molecule has 156 valence electrons. The maximum atomic E-state index is 12.5. The van der Waals surface area contributed by atoms with Crippen LogP contribution in [0.3, 0.4) is 0 Å². The first kappa shape index (κ1) is 24.5. The van der Waals surface area contributed by atoms with Gasteiger partial charge in [-0.3, -0.25) is 4.99 Å². The number of aliphatic imine (C=N–C) groups is 1. The second-order valence-electron chi connectivity index (χ2n) is 5.87. The lowest BCUT2D eigenvalue weighted by atomic mass is 10.1. The molecule has 0 saturated carbocycles. The van der Waals surface area contributed by atoms with E-state index in [1.54, 1.807) is 37.4 Å². The average molecular weight is 528 g/mol. The zero-order valence-electron chi connectivity index (χ0n) is 15.9. The van der Waals surface area contributed by atoms with Crippen molar-refractivity contribution in [1.29, 1.82) is 0 Å². The molecule has 5 nitrogen and oxygen atoms in total. The van der Waals surface area contributed by atoms with Crippen LogP contribution in [0, 0.1) is 6.92 Å². The predicted molar refractivity (Wildman–Crippen MR) is 117 cm³/mol. The third kappa shape index (κ3) is 8.21. The van der Waals surface area contributed by atoms with Crippen LogP contribution in [0.4, 0.5) is 13.2 Å². The molecule has 0 unspecified atom stereocenters. The SMILES string of the molecule is CCc1cnc(CNC(=NC)NCc2ccc(C)cc2OCC(F)(F)F)s1.I. The van der Waals surface area contributed by atoms with Crippen molar-refractivity contribution in [1.82, 2.24) is 15.6 Å². The Morgan fingerprint density at radius 1 is 1.25 bits per heavy atom. The first-order valence-electron chi connectivity index (χ1n) is 8.48. The van der Waals surface area contributed by atoms with E-state index in [1.807, 2.05) is 12.3 Å². The summed E-state index contributed by atoms with van der Waals surface area (Å²) < 4.78 is 42.3. The summed E-state index contributed by atoms with van der Waals surface area (Å²) in [6.45, 7) is 3.36. The highest BCUT2D eigenvalue weighted by Gasteiger charge is 2.28. The van der Waals surface area contributed by atoms with Gasteiger partial charge in [0.25, 0.3) is 0 Å². The molecule has 2 N–H and O–H groups in total. The third-order valence-electron chi connectivity index (χ3n) is 3.64. The Balaban J connectivity index is 0.00000392. The normalized spacial score (nSPS) is 11.7. The lowest BCUT2D eigenvalue weighted by molar-refractivity contribution is -0.153. The van der Waals surface area contributed by atoms with E-state index in [0.717, 1.165) is 17.0 Å². The van der Waals surface area contributed by atoms with Crippen LogP contribution >= 0.6 is 35.3 Å². The summed E-state index contributed by atoms with van der Waals surface area (Å²) in [6.07, 6.45) is -1.58. The van der Waals surface area contributed by atoms with E-state index >= 15 is 0 Å². The van der Waals surface area contributed by atoms with Gasteiger partial charge in [0.2, 0.25) is 0 Å². The highest BCUT2D eigenvalue weighted by atomic mass is 127. The van der Waals surface area contributed by atoms with Crippen molar-refractivity contribution < 1.29 is 17.9 Å². The zero-order chi connectivity index (χ0) is 19.9. The quantitative estimate of drug-likeness (QED) is 0.317. The van der Waals surface area contributed by atoms with Crippen LogP contribution < -0.4 is 15.4 Å². The molecule has 2 aromatic rings. The molecule has 0 aliphatic carbocycles. The largest absolute Gasteiger partial charge is 0.484 e. The predicted octanol–water partition coefficient (Wildman–Crippen LogP) is 4.44. The summed E-state index contributed by atoms with van der Waals surface area (Å²) in [6, 6.07) is 5.17. The lowest BCUT2D eigenvalue weighted by Crippen LogP contribution is -2.36. The minimum Gasteiger partial charge on any atom is -0.484 e. The molecule has 10 heteroatoms. The highest BCUT2D eigenvalue weighted by Crippen LogP contribution is 2.23. The van der Waals surface area contributed by atoms with Crippen LogP contribution in [0.15, 0.2) is 29.4 Å². The van der Waals surface area contributed by atoms with Crippen LogP contribution in [-0.2, 0) is 19.5 Å². The molecule has 1 aromatic heterocycles. The maximum absolute atomic E-state index is 12.5. The molecule has 1 heterocycles. The number of nitrogens with zero attached hydrogens (tertiary/aromatic N) is 2. The number of thiazole rings is 1. The van der Waals surface area contributed by atoms with E-state index in [4.69, 9.17) is 4.74 Å². The van der Waals surface area contributed by atoms with Crippen molar-refractivity contribution in [2.45, 2.75) is 39.5 Å². The van der Waals surface area contributed by atoms with Gasteiger partial charge in [-0.25, -0.2) is 4.98 Å². The van der Waals surface area contributed by atoms with Gasteiger partial charge in [-0.15, -0.1) is 35.3 Å². The molecule has 0 atom stereocenters. The van der Waals surface area contributed by atoms with Crippen molar-refractivity contribution in [3.8, 4) is 5.75 Å². The number of rotatable bonds is 7. The summed E-state index contributed by atoms with van der Waals surface area (Å²) in [7, 11) is 1.63. The van der Waals surface area contributed by atoms with Gasteiger partial charge in [0.1, 0.15) is 10.8 Å². The highest BCUT2D eigenvalue weighted by molar-refractivity contribution is 14.0. The zero-order valence-corrected chi connectivity index (χ0v) is 19.0. The van der Waals surface area contributed by atoms with E-state index in [2.05, 4.69) is 27.5 Å². The number of alkyl halides is 3. The van der Waals surface area contributed by atoms with Crippen LogP contribution in [0.5, 0.6) is 5.75 Å². The fraction of sp³-hybridized carbons (Fsp3) is 0.444. The van der Waals surface area contributed by atoms with Crippen LogP contribution in [0.1, 0.15) is 27.9 Å². The van der Waals surface area contributed by atoms with Crippen LogP contribution in [0.2, 0.25) is 0 Å². The Labute approximate surface area is 183 Å². The van der Waals surface area contributed by atoms with Crippen molar-refractivity contribution in [3.63, 3.8) is 0 Å². The fourth-order valence-corrected chi connectivity index (χ4v) is 3.06.